The summed E-state index contributed by atoms with van der Waals surface area (Å²) < 4.78 is 39.9. The van der Waals surface area contributed by atoms with Gasteiger partial charge in [-0.2, -0.15) is 4.72 Å². The SMILES string of the molecule is COC(=O)c1cc2cc(NC(=O)[C@@H](Cc3ccccc3)NS(=O)(=O)c3ccc(OC)c(C)c3)ccc2s1. The van der Waals surface area contributed by atoms with Crippen LogP contribution in [0.3, 0.4) is 0 Å². The molecule has 0 aliphatic rings. The molecule has 1 heterocycles. The molecule has 8 nitrogen and oxygen atoms in total. The first kappa shape index (κ1) is 26.3. The molecule has 37 heavy (non-hydrogen) atoms. The Morgan fingerprint density at radius 2 is 1.73 bits per heavy atom. The monoisotopic (exact) mass is 538 g/mol. The van der Waals surface area contributed by atoms with Crippen LogP contribution < -0.4 is 14.8 Å². The van der Waals surface area contributed by atoms with Gasteiger partial charge in [-0.3, -0.25) is 4.79 Å². The molecule has 10 heteroatoms. The molecule has 0 saturated carbocycles. The number of sulfonamides is 1. The summed E-state index contributed by atoms with van der Waals surface area (Å²) in [4.78, 5) is 25.7. The Morgan fingerprint density at radius 1 is 0.973 bits per heavy atom. The molecule has 0 bridgehead atoms. The average Bonchev–Trinajstić information content (AvgIpc) is 3.32. The van der Waals surface area contributed by atoms with E-state index in [0.717, 1.165) is 15.6 Å². The van der Waals surface area contributed by atoms with Crippen LogP contribution in [0.1, 0.15) is 20.8 Å². The lowest BCUT2D eigenvalue weighted by Crippen LogP contribution is -2.45. The number of hydrogen-bond acceptors (Lipinski definition) is 7. The van der Waals surface area contributed by atoms with Crippen LogP contribution in [0, 0.1) is 6.92 Å². The van der Waals surface area contributed by atoms with Gasteiger partial charge in [-0.25, -0.2) is 13.2 Å². The number of carbonyl (C=O) groups is 2. The second-order valence-corrected chi connectivity index (χ2v) is 11.1. The van der Waals surface area contributed by atoms with Crippen LogP contribution in [0.2, 0.25) is 0 Å². The largest absolute Gasteiger partial charge is 0.496 e. The van der Waals surface area contributed by atoms with E-state index < -0.39 is 27.9 Å². The van der Waals surface area contributed by atoms with Gasteiger partial charge < -0.3 is 14.8 Å². The fourth-order valence-electron chi connectivity index (χ4n) is 3.86. The Kier molecular flexibility index (Phi) is 7.91. The van der Waals surface area contributed by atoms with Crippen molar-refractivity contribution >= 4 is 49.0 Å². The predicted molar refractivity (Wildman–Crippen MR) is 144 cm³/mol. The first-order valence-corrected chi connectivity index (χ1v) is 13.6. The number of amides is 1. The molecule has 0 aliphatic heterocycles. The third-order valence-electron chi connectivity index (χ3n) is 5.74. The molecule has 0 fully saturated rings. The minimum atomic E-state index is -4.02. The van der Waals surface area contributed by atoms with E-state index in [2.05, 4.69) is 10.0 Å². The molecule has 3 aromatic carbocycles. The van der Waals surface area contributed by atoms with Crippen LogP contribution in [0.15, 0.2) is 77.7 Å². The number of carbonyl (C=O) groups excluding carboxylic acids is 2. The average molecular weight is 539 g/mol. The summed E-state index contributed by atoms with van der Waals surface area (Å²) in [6.07, 6.45) is 0.147. The number of ether oxygens (including phenoxy) is 2. The number of methoxy groups -OCH3 is 2. The van der Waals surface area contributed by atoms with Gasteiger partial charge in [-0.1, -0.05) is 30.3 Å². The molecule has 0 aliphatic carbocycles. The normalized spacial score (nSPS) is 12.2. The van der Waals surface area contributed by atoms with Gasteiger partial charge in [0.25, 0.3) is 0 Å². The molecular weight excluding hydrogens is 512 g/mol. The number of nitrogens with one attached hydrogen (secondary N) is 2. The van der Waals surface area contributed by atoms with Crippen LogP contribution in [0.25, 0.3) is 10.1 Å². The highest BCUT2D eigenvalue weighted by atomic mass is 32.2. The first-order valence-electron chi connectivity index (χ1n) is 11.3. The van der Waals surface area contributed by atoms with Crippen LogP contribution in [-0.2, 0) is 26.0 Å². The Hall–Kier alpha value is -3.73. The lowest BCUT2D eigenvalue weighted by molar-refractivity contribution is -0.117. The lowest BCUT2D eigenvalue weighted by atomic mass is 10.1. The summed E-state index contributed by atoms with van der Waals surface area (Å²) in [6.45, 7) is 1.75. The minimum absolute atomic E-state index is 0.0340. The Bertz CT molecular complexity index is 1550. The van der Waals surface area contributed by atoms with E-state index in [9.17, 15) is 18.0 Å². The zero-order valence-corrected chi connectivity index (χ0v) is 22.1. The second kappa shape index (κ2) is 11.1. The number of aryl methyl sites for hydroxylation is 1. The van der Waals surface area contributed by atoms with Gasteiger partial charge in [-0.15, -0.1) is 11.3 Å². The van der Waals surface area contributed by atoms with Crippen LogP contribution in [0.4, 0.5) is 5.69 Å². The predicted octanol–water partition coefficient (Wildman–Crippen LogP) is 4.53. The Labute approximate surface area is 219 Å². The van der Waals surface area contributed by atoms with E-state index in [0.29, 0.717) is 21.9 Å². The molecule has 1 atom stereocenters. The lowest BCUT2D eigenvalue weighted by Gasteiger charge is -2.19. The number of rotatable bonds is 9. The van der Waals surface area contributed by atoms with Crippen molar-refractivity contribution in [2.75, 3.05) is 19.5 Å². The Balaban J connectivity index is 1.60. The van der Waals surface area contributed by atoms with E-state index in [4.69, 9.17) is 9.47 Å². The highest BCUT2D eigenvalue weighted by Gasteiger charge is 2.27. The standard InChI is InChI=1S/C27H26N2O6S2/c1-17-13-21(10-11-23(17)34-2)37(32,33)29-22(14-18-7-5-4-6-8-18)26(30)28-20-9-12-24-19(15-20)16-25(36-24)27(31)35-3/h4-13,15-16,22,29H,14H2,1-3H3,(H,28,30)/t22-/m1/s1. The number of thiophene rings is 1. The van der Waals surface area contributed by atoms with Gasteiger partial charge in [0.1, 0.15) is 16.7 Å². The molecule has 1 amide bonds. The molecule has 0 saturated heterocycles. The molecule has 4 rings (SSSR count). The number of esters is 1. The third-order valence-corrected chi connectivity index (χ3v) is 8.31. The van der Waals surface area contributed by atoms with Crippen molar-refractivity contribution in [1.29, 1.82) is 0 Å². The van der Waals surface area contributed by atoms with Gasteiger partial charge in [0.15, 0.2) is 0 Å². The van der Waals surface area contributed by atoms with Crippen molar-refractivity contribution < 1.29 is 27.5 Å². The topological polar surface area (TPSA) is 111 Å². The maximum Gasteiger partial charge on any atom is 0.348 e. The van der Waals surface area contributed by atoms with Crippen molar-refractivity contribution in [2.45, 2.75) is 24.3 Å². The fraction of sp³-hybridized carbons (Fsp3) is 0.185. The fourth-order valence-corrected chi connectivity index (χ4v) is 6.10. The number of hydrogen-bond donors (Lipinski definition) is 2. The maximum atomic E-state index is 13.4. The molecule has 0 spiro atoms. The molecule has 1 aromatic heterocycles. The molecule has 0 unspecified atom stereocenters. The van der Waals surface area contributed by atoms with Crippen LogP contribution >= 0.6 is 11.3 Å². The van der Waals surface area contributed by atoms with Crippen molar-refractivity contribution in [3.63, 3.8) is 0 Å². The van der Waals surface area contributed by atoms with E-state index in [-0.39, 0.29) is 11.3 Å². The van der Waals surface area contributed by atoms with Gasteiger partial charge in [-0.05, 0) is 72.3 Å². The van der Waals surface area contributed by atoms with Crippen molar-refractivity contribution in [1.82, 2.24) is 4.72 Å². The van der Waals surface area contributed by atoms with E-state index in [1.165, 1.54) is 37.7 Å². The van der Waals surface area contributed by atoms with Crippen LogP contribution in [-0.4, -0.2) is 40.6 Å². The second-order valence-electron chi connectivity index (χ2n) is 8.34. The van der Waals surface area contributed by atoms with E-state index in [1.54, 1.807) is 37.3 Å². The molecule has 4 aromatic rings. The van der Waals surface area contributed by atoms with Gasteiger partial charge in [0.05, 0.1) is 19.1 Å². The molecule has 0 radical (unpaired) electrons. The number of anilines is 1. The highest BCUT2D eigenvalue weighted by molar-refractivity contribution is 7.89. The summed E-state index contributed by atoms with van der Waals surface area (Å²) in [5.74, 6) is -0.380. The van der Waals surface area contributed by atoms with Crippen molar-refractivity contribution in [2.24, 2.45) is 0 Å². The van der Waals surface area contributed by atoms with E-state index >= 15 is 0 Å². The zero-order chi connectivity index (χ0) is 26.6. The summed E-state index contributed by atoms with van der Waals surface area (Å²) in [7, 11) is -1.19. The number of fused-ring (bicyclic) bond motifs is 1. The Morgan fingerprint density at radius 3 is 2.41 bits per heavy atom. The summed E-state index contributed by atoms with van der Waals surface area (Å²) in [5, 5.41) is 3.57. The first-order chi connectivity index (χ1) is 17.7. The minimum Gasteiger partial charge on any atom is -0.496 e. The van der Waals surface area contributed by atoms with E-state index in [1.807, 2.05) is 30.3 Å². The van der Waals surface area contributed by atoms with Crippen molar-refractivity contribution in [3.8, 4) is 5.75 Å². The summed E-state index contributed by atoms with van der Waals surface area (Å²) >= 11 is 1.29. The van der Waals surface area contributed by atoms with Crippen LogP contribution in [0.5, 0.6) is 5.75 Å². The smallest absolute Gasteiger partial charge is 0.348 e. The van der Waals surface area contributed by atoms with Gasteiger partial charge in [0.2, 0.25) is 15.9 Å². The summed E-state index contributed by atoms with van der Waals surface area (Å²) in [5.41, 5.74) is 1.93. The van der Waals surface area contributed by atoms with Gasteiger partial charge in [0, 0.05) is 10.4 Å². The molecule has 192 valence electrons. The molecular formula is C27H26N2O6S2. The highest BCUT2D eigenvalue weighted by Crippen LogP contribution is 2.29. The molecule has 2 N–H and O–H groups in total. The quantitative estimate of drug-likeness (QED) is 0.303. The third kappa shape index (κ3) is 6.16. The van der Waals surface area contributed by atoms with Gasteiger partial charge >= 0.3 is 5.97 Å². The number of benzene rings is 3. The summed E-state index contributed by atoms with van der Waals surface area (Å²) in [6, 6.07) is 19.5. The van der Waals surface area contributed by atoms with Crippen molar-refractivity contribution in [3.05, 3.63) is 88.8 Å². The zero-order valence-electron chi connectivity index (χ0n) is 20.5. The maximum absolute atomic E-state index is 13.4.